The number of aliphatic imine (C=N–C) groups is 1. The molecule has 0 bridgehead atoms. The minimum atomic E-state index is -3.23. The second kappa shape index (κ2) is 10.4. The molecule has 2 aromatic rings. The van der Waals surface area contributed by atoms with Crippen LogP contribution in [-0.4, -0.2) is 67.6 Å². The molecule has 1 saturated carbocycles. The summed E-state index contributed by atoms with van der Waals surface area (Å²) in [5, 5.41) is 11.8. The zero-order valence-corrected chi connectivity index (χ0v) is 21.0. The second-order valence-electron chi connectivity index (χ2n) is 9.48. The van der Waals surface area contributed by atoms with Gasteiger partial charge >= 0.3 is 0 Å². The molecule has 0 aromatic heterocycles. The molecule has 1 aliphatic heterocycles. The average Bonchev–Trinajstić information content (AvgIpc) is 3.42. The predicted octanol–water partition coefficient (Wildman–Crippen LogP) is 2.13. The highest BCUT2D eigenvalue weighted by molar-refractivity contribution is 7.90. The fraction of sp³-hybridized carbons (Fsp3) is 0.462. The van der Waals surface area contributed by atoms with Gasteiger partial charge in [-0.2, -0.15) is 0 Å². The molecule has 1 heterocycles. The van der Waals surface area contributed by atoms with Crippen molar-refractivity contribution in [2.24, 2.45) is 16.6 Å². The highest BCUT2D eigenvalue weighted by Crippen LogP contribution is 2.42. The molecule has 0 spiro atoms. The summed E-state index contributed by atoms with van der Waals surface area (Å²) >= 11 is 0. The van der Waals surface area contributed by atoms with Gasteiger partial charge in [0.1, 0.15) is 0 Å². The van der Waals surface area contributed by atoms with Crippen LogP contribution < -0.4 is 5.73 Å². The number of nitrogens with two attached hydrogens (primary N) is 1. The Morgan fingerprint density at radius 3 is 2.14 bits per heavy atom. The number of amides is 1. The third-order valence-corrected chi connectivity index (χ3v) is 8.28. The quantitative estimate of drug-likeness (QED) is 0.466. The molecule has 1 saturated heterocycles. The Morgan fingerprint density at radius 1 is 1.00 bits per heavy atom. The summed E-state index contributed by atoms with van der Waals surface area (Å²) in [6, 6.07) is 15.9. The molecule has 0 radical (unpaired) electrons. The number of piperazine rings is 1. The topological polar surface area (TPSA) is 116 Å². The van der Waals surface area contributed by atoms with Gasteiger partial charge in [0.25, 0.3) is 5.91 Å². The van der Waals surface area contributed by atoms with Gasteiger partial charge in [0.15, 0.2) is 21.4 Å². The number of hydrogen-bond acceptors (Lipinski definition) is 5. The van der Waals surface area contributed by atoms with Crippen molar-refractivity contribution >= 4 is 21.7 Å². The molecular formula is C26H34N4O4S. The first kappa shape index (κ1) is 25.2. The second-order valence-corrected chi connectivity index (χ2v) is 11.5. The normalized spacial score (nSPS) is 19.5. The van der Waals surface area contributed by atoms with Crippen molar-refractivity contribution in [2.75, 3.05) is 32.4 Å². The standard InChI is InChI=1S/C26H34N4O4S/c1-35(33,34)23-13-11-20(12-14-23)19-28-25(27)30-17-15-29(16-18-30)24(31)26(32,22-9-5-6-10-22)21-7-3-2-4-8-21/h2-4,7-8,11-14,22,32H,5-6,9-10,15-19H2,1H3,(H2,27,28). The Labute approximate surface area is 207 Å². The zero-order valence-electron chi connectivity index (χ0n) is 20.1. The van der Waals surface area contributed by atoms with Gasteiger partial charge in [-0.1, -0.05) is 55.3 Å². The number of sulfone groups is 1. The van der Waals surface area contributed by atoms with Gasteiger partial charge in [0, 0.05) is 38.4 Å². The first-order valence-electron chi connectivity index (χ1n) is 12.1. The van der Waals surface area contributed by atoms with E-state index < -0.39 is 15.4 Å². The van der Waals surface area contributed by atoms with Crippen molar-refractivity contribution in [3.8, 4) is 0 Å². The first-order valence-corrected chi connectivity index (χ1v) is 14.0. The Morgan fingerprint density at radius 2 is 1.57 bits per heavy atom. The van der Waals surface area contributed by atoms with Gasteiger partial charge in [-0.15, -0.1) is 0 Å². The lowest BCUT2D eigenvalue weighted by molar-refractivity contribution is -0.160. The van der Waals surface area contributed by atoms with E-state index in [1.807, 2.05) is 35.2 Å². The third-order valence-electron chi connectivity index (χ3n) is 7.15. The SMILES string of the molecule is CS(=O)(=O)c1ccc(CN=C(N)N2CCN(C(=O)C(O)(c3ccccc3)C3CCCC3)CC2)cc1. The number of benzene rings is 2. The maximum Gasteiger partial charge on any atom is 0.259 e. The van der Waals surface area contributed by atoms with E-state index in [0.717, 1.165) is 31.2 Å². The number of nitrogens with zero attached hydrogens (tertiary/aromatic N) is 3. The molecule has 1 aliphatic carbocycles. The molecule has 3 N–H and O–H groups in total. The lowest BCUT2D eigenvalue weighted by Gasteiger charge is -2.41. The van der Waals surface area contributed by atoms with E-state index in [1.54, 1.807) is 29.2 Å². The molecule has 188 valence electrons. The van der Waals surface area contributed by atoms with Crippen LogP contribution in [0.4, 0.5) is 0 Å². The fourth-order valence-corrected chi connectivity index (χ4v) is 5.69. The lowest BCUT2D eigenvalue weighted by atomic mass is 9.79. The van der Waals surface area contributed by atoms with Gasteiger partial charge in [0.05, 0.1) is 11.4 Å². The van der Waals surface area contributed by atoms with Crippen molar-refractivity contribution in [1.29, 1.82) is 0 Å². The Bertz CT molecular complexity index is 1150. The van der Waals surface area contributed by atoms with Crippen LogP contribution in [0.5, 0.6) is 0 Å². The summed E-state index contributed by atoms with van der Waals surface area (Å²) in [7, 11) is -3.23. The van der Waals surface area contributed by atoms with Gasteiger partial charge < -0.3 is 20.6 Å². The molecule has 4 rings (SSSR count). The van der Waals surface area contributed by atoms with E-state index in [0.29, 0.717) is 44.2 Å². The molecule has 2 aromatic carbocycles. The Kier molecular flexibility index (Phi) is 7.47. The molecule has 2 aliphatic rings. The first-order chi connectivity index (χ1) is 16.7. The van der Waals surface area contributed by atoms with Crippen LogP contribution in [0.15, 0.2) is 64.5 Å². The third kappa shape index (κ3) is 5.51. The summed E-state index contributed by atoms with van der Waals surface area (Å²) in [5.41, 5.74) is 6.25. The van der Waals surface area contributed by atoms with E-state index in [1.165, 1.54) is 6.26 Å². The van der Waals surface area contributed by atoms with Crippen LogP contribution in [0.2, 0.25) is 0 Å². The van der Waals surface area contributed by atoms with Crippen molar-refractivity contribution in [3.63, 3.8) is 0 Å². The summed E-state index contributed by atoms with van der Waals surface area (Å²) in [6.07, 6.45) is 4.94. The maximum absolute atomic E-state index is 13.6. The highest BCUT2D eigenvalue weighted by Gasteiger charge is 2.48. The van der Waals surface area contributed by atoms with Gasteiger partial charge in [0.2, 0.25) is 0 Å². The number of guanidine groups is 1. The number of hydrogen-bond donors (Lipinski definition) is 2. The molecule has 35 heavy (non-hydrogen) atoms. The smallest absolute Gasteiger partial charge is 0.259 e. The van der Waals surface area contributed by atoms with E-state index >= 15 is 0 Å². The van der Waals surface area contributed by atoms with E-state index in [9.17, 15) is 18.3 Å². The van der Waals surface area contributed by atoms with Crippen molar-refractivity contribution in [2.45, 2.75) is 42.7 Å². The van der Waals surface area contributed by atoms with Crippen molar-refractivity contribution < 1.29 is 18.3 Å². The summed E-state index contributed by atoms with van der Waals surface area (Å²) in [4.78, 5) is 22.1. The molecular weight excluding hydrogens is 464 g/mol. The van der Waals surface area contributed by atoms with Crippen LogP contribution in [-0.2, 0) is 26.8 Å². The zero-order chi connectivity index (χ0) is 25.1. The Hall–Kier alpha value is -2.91. The molecule has 1 amide bonds. The maximum atomic E-state index is 13.6. The van der Waals surface area contributed by atoms with Crippen LogP contribution in [0.3, 0.4) is 0 Å². The van der Waals surface area contributed by atoms with Gasteiger partial charge in [-0.3, -0.25) is 4.79 Å². The van der Waals surface area contributed by atoms with E-state index in [2.05, 4.69) is 4.99 Å². The highest BCUT2D eigenvalue weighted by atomic mass is 32.2. The molecule has 1 atom stereocenters. The van der Waals surface area contributed by atoms with Crippen LogP contribution in [0.1, 0.15) is 36.8 Å². The van der Waals surface area contributed by atoms with E-state index in [4.69, 9.17) is 5.73 Å². The fourth-order valence-electron chi connectivity index (χ4n) is 5.06. The molecule has 9 heteroatoms. The van der Waals surface area contributed by atoms with Crippen molar-refractivity contribution in [1.82, 2.24) is 9.80 Å². The van der Waals surface area contributed by atoms with E-state index in [-0.39, 0.29) is 16.7 Å². The Balaban J connectivity index is 1.39. The monoisotopic (exact) mass is 498 g/mol. The van der Waals surface area contributed by atoms with Crippen LogP contribution in [0.25, 0.3) is 0 Å². The average molecular weight is 499 g/mol. The minimum absolute atomic E-state index is 0.0730. The summed E-state index contributed by atoms with van der Waals surface area (Å²) in [6.45, 7) is 2.32. The van der Waals surface area contributed by atoms with Gasteiger partial charge in [-0.25, -0.2) is 13.4 Å². The number of carbonyl (C=O) groups is 1. The van der Waals surface area contributed by atoms with Crippen LogP contribution >= 0.6 is 0 Å². The van der Waals surface area contributed by atoms with Crippen LogP contribution in [0, 0.1) is 5.92 Å². The number of rotatable bonds is 6. The van der Waals surface area contributed by atoms with Gasteiger partial charge in [-0.05, 0) is 36.1 Å². The molecule has 2 fully saturated rings. The predicted molar refractivity (Wildman–Crippen MR) is 135 cm³/mol. The van der Waals surface area contributed by atoms with Crippen molar-refractivity contribution in [3.05, 3.63) is 65.7 Å². The summed E-state index contributed by atoms with van der Waals surface area (Å²) in [5.74, 6) is 0.0891. The number of carbonyl (C=O) groups excluding carboxylic acids is 1. The number of aliphatic hydroxyl groups is 1. The summed E-state index contributed by atoms with van der Waals surface area (Å²) < 4.78 is 23.2. The molecule has 8 nitrogen and oxygen atoms in total. The lowest BCUT2D eigenvalue weighted by Crippen LogP contribution is -2.58. The molecule has 1 unspecified atom stereocenters. The largest absolute Gasteiger partial charge is 0.375 e. The minimum Gasteiger partial charge on any atom is -0.375 e.